The molecule has 100 valence electrons. The third-order valence-corrected chi connectivity index (χ3v) is 3.69. The number of hydrogen-bond donors (Lipinski definition) is 3. The van der Waals surface area contributed by atoms with Crippen molar-refractivity contribution in [2.75, 3.05) is 0 Å². The Bertz CT molecular complexity index is 631. The highest BCUT2D eigenvalue weighted by molar-refractivity contribution is 7.14. The first-order valence-corrected chi connectivity index (χ1v) is 6.26. The third-order valence-electron chi connectivity index (χ3n) is 2.60. The first-order chi connectivity index (χ1) is 9.01. The predicted molar refractivity (Wildman–Crippen MR) is 70.6 cm³/mol. The lowest BCUT2D eigenvalue weighted by Crippen LogP contribution is -2.29. The summed E-state index contributed by atoms with van der Waals surface area (Å²) in [6, 6.07) is 3.31. The van der Waals surface area contributed by atoms with Gasteiger partial charge in [-0.3, -0.25) is 19.7 Å². The topological polar surface area (TPSA) is 116 Å². The van der Waals surface area contributed by atoms with Gasteiger partial charge in [0.05, 0.1) is 11.4 Å². The number of nitrogens with two attached hydrogens (primary N) is 2. The van der Waals surface area contributed by atoms with Crippen molar-refractivity contribution in [2.45, 2.75) is 13.5 Å². The van der Waals surface area contributed by atoms with E-state index >= 15 is 0 Å². The van der Waals surface area contributed by atoms with Gasteiger partial charge in [-0.15, -0.1) is 11.3 Å². The second-order valence-electron chi connectivity index (χ2n) is 3.93. The molecule has 0 saturated heterocycles. The molecule has 2 amide bonds. The van der Waals surface area contributed by atoms with E-state index in [0.717, 1.165) is 10.4 Å². The average molecular weight is 279 g/mol. The van der Waals surface area contributed by atoms with Gasteiger partial charge >= 0.3 is 0 Å². The summed E-state index contributed by atoms with van der Waals surface area (Å²) in [4.78, 5) is 23.9. The average Bonchev–Trinajstić information content (AvgIpc) is 2.97. The van der Waals surface area contributed by atoms with Gasteiger partial charge in [0, 0.05) is 11.1 Å². The zero-order valence-electron chi connectivity index (χ0n) is 10.2. The molecule has 8 heteroatoms. The quantitative estimate of drug-likeness (QED) is 0.415. The normalized spacial score (nSPS) is 10.4. The fraction of sp³-hybridized carbons (Fsp3) is 0.182. The number of carbonyl (C=O) groups is 2. The molecule has 2 rings (SSSR count). The number of nitrogens with zero attached hydrogens (tertiary/aromatic N) is 2. The first-order valence-electron chi connectivity index (χ1n) is 5.44. The van der Waals surface area contributed by atoms with E-state index in [-0.39, 0.29) is 11.6 Å². The van der Waals surface area contributed by atoms with Crippen LogP contribution in [0.5, 0.6) is 0 Å². The number of aromatic nitrogens is 2. The largest absolute Gasteiger partial charge is 0.364 e. The summed E-state index contributed by atoms with van der Waals surface area (Å²) in [5.41, 5.74) is 8.39. The van der Waals surface area contributed by atoms with E-state index in [1.165, 1.54) is 11.3 Å². The maximum absolute atomic E-state index is 11.4. The van der Waals surface area contributed by atoms with Crippen molar-refractivity contribution < 1.29 is 9.59 Å². The highest BCUT2D eigenvalue weighted by atomic mass is 32.1. The van der Waals surface area contributed by atoms with Crippen LogP contribution in [0.25, 0.3) is 0 Å². The smallest absolute Gasteiger partial charge is 0.275 e. The number of thiophene rings is 1. The summed E-state index contributed by atoms with van der Waals surface area (Å²) in [6.45, 7) is 2.37. The molecule has 0 aliphatic carbocycles. The van der Waals surface area contributed by atoms with Gasteiger partial charge in [0.2, 0.25) is 0 Å². The number of nitrogens with one attached hydrogen (secondary N) is 1. The molecule has 0 unspecified atom stereocenters. The minimum atomic E-state index is -0.566. The van der Waals surface area contributed by atoms with Gasteiger partial charge < -0.3 is 5.73 Å². The van der Waals surface area contributed by atoms with E-state index in [9.17, 15) is 9.59 Å². The number of hydrazine groups is 1. The second kappa shape index (κ2) is 5.21. The molecule has 0 bridgehead atoms. The van der Waals surface area contributed by atoms with Crippen molar-refractivity contribution in [3.63, 3.8) is 0 Å². The monoisotopic (exact) mass is 279 g/mol. The van der Waals surface area contributed by atoms with Crippen molar-refractivity contribution in [3.8, 4) is 0 Å². The molecular formula is C11H13N5O2S. The predicted octanol–water partition coefficient (Wildman–Crippen LogP) is 0.00372. The van der Waals surface area contributed by atoms with Crippen LogP contribution in [-0.2, 0) is 6.54 Å². The minimum absolute atomic E-state index is 0.216. The Balaban J connectivity index is 2.20. The SMILES string of the molecule is Cc1sc(C(=O)NN)cc1Cn1ccc(C(N)=O)n1. The number of primary amides is 1. The van der Waals surface area contributed by atoms with Gasteiger partial charge in [0.1, 0.15) is 5.69 Å². The molecule has 2 heterocycles. The van der Waals surface area contributed by atoms with Gasteiger partial charge in [-0.1, -0.05) is 0 Å². The van der Waals surface area contributed by atoms with Crippen LogP contribution < -0.4 is 17.0 Å². The molecule has 5 N–H and O–H groups in total. The Labute approximate surface area is 113 Å². The molecular weight excluding hydrogens is 266 g/mol. The number of rotatable bonds is 4. The summed E-state index contributed by atoms with van der Waals surface area (Å²) in [7, 11) is 0. The number of amides is 2. The molecule has 0 fully saturated rings. The summed E-state index contributed by atoms with van der Waals surface area (Å²) < 4.78 is 1.60. The van der Waals surface area contributed by atoms with Gasteiger partial charge in [0.15, 0.2) is 0 Å². The van der Waals surface area contributed by atoms with Crippen molar-refractivity contribution in [1.82, 2.24) is 15.2 Å². The van der Waals surface area contributed by atoms with Crippen LogP contribution in [-0.4, -0.2) is 21.6 Å². The molecule has 19 heavy (non-hydrogen) atoms. The highest BCUT2D eigenvalue weighted by Gasteiger charge is 2.12. The molecule has 0 aliphatic heterocycles. The standard InChI is InChI=1S/C11H13N5O2S/c1-6-7(4-9(19-6)11(18)14-13)5-16-3-2-8(15-16)10(12)17/h2-4H,5,13H2,1H3,(H2,12,17)(H,14,18). The maximum atomic E-state index is 11.4. The number of nitrogen functional groups attached to an aromatic ring is 1. The van der Waals surface area contributed by atoms with E-state index in [4.69, 9.17) is 11.6 Å². The highest BCUT2D eigenvalue weighted by Crippen LogP contribution is 2.22. The first kappa shape index (κ1) is 13.2. The molecule has 0 aromatic carbocycles. The Kier molecular flexibility index (Phi) is 3.63. The zero-order valence-corrected chi connectivity index (χ0v) is 11.0. The van der Waals surface area contributed by atoms with Gasteiger partial charge in [-0.2, -0.15) is 5.10 Å². The molecule has 0 spiro atoms. The van der Waals surface area contributed by atoms with Crippen LogP contribution in [0.15, 0.2) is 18.3 Å². The Hall–Kier alpha value is -2.19. The summed E-state index contributed by atoms with van der Waals surface area (Å²) in [6.07, 6.45) is 1.67. The van der Waals surface area contributed by atoms with E-state index in [0.29, 0.717) is 11.4 Å². The van der Waals surface area contributed by atoms with Crippen LogP contribution in [0.4, 0.5) is 0 Å². The summed E-state index contributed by atoms with van der Waals surface area (Å²) >= 11 is 1.35. The molecule has 0 aliphatic rings. The lowest BCUT2D eigenvalue weighted by Gasteiger charge is -2.00. The number of hydrogen-bond acceptors (Lipinski definition) is 5. The van der Waals surface area contributed by atoms with Crippen molar-refractivity contribution in [2.24, 2.45) is 11.6 Å². The second-order valence-corrected chi connectivity index (χ2v) is 5.18. The zero-order chi connectivity index (χ0) is 14.0. The maximum Gasteiger partial charge on any atom is 0.275 e. The molecule has 0 saturated carbocycles. The van der Waals surface area contributed by atoms with E-state index in [2.05, 4.69) is 10.5 Å². The fourth-order valence-electron chi connectivity index (χ4n) is 1.62. The molecule has 0 atom stereocenters. The van der Waals surface area contributed by atoms with Crippen molar-refractivity contribution >= 4 is 23.2 Å². The summed E-state index contributed by atoms with van der Waals surface area (Å²) in [5.74, 6) is 4.20. The number of carbonyl (C=O) groups excluding carboxylic acids is 2. The van der Waals surface area contributed by atoms with E-state index < -0.39 is 5.91 Å². The minimum Gasteiger partial charge on any atom is -0.364 e. The Morgan fingerprint density at radius 2 is 2.26 bits per heavy atom. The van der Waals surface area contributed by atoms with Gasteiger partial charge in [-0.25, -0.2) is 5.84 Å². The van der Waals surface area contributed by atoms with Crippen LogP contribution in [0.3, 0.4) is 0 Å². The van der Waals surface area contributed by atoms with Crippen LogP contribution in [0.2, 0.25) is 0 Å². The molecule has 7 nitrogen and oxygen atoms in total. The van der Waals surface area contributed by atoms with Gasteiger partial charge in [0.25, 0.3) is 11.8 Å². The lowest BCUT2D eigenvalue weighted by molar-refractivity contribution is 0.0956. The Morgan fingerprint density at radius 1 is 1.53 bits per heavy atom. The molecule has 2 aromatic heterocycles. The van der Waals surface area contributed by atoms with Crippen LogP contribution >= 0.6 is 11.3 Å². The van der Waals surface area contributed by atoms with Crippen LogP contribution in [0, 0.1) is 6.92 Å². The lowest BCUT2D eigenvalue weighted by atomic mass is 10.2. The van der Waals surface area contributed by atoms with Gasteiger partial charge in [-0.05, 0) is 24.6 Å². The van der Waals surface area contributed by atoms with E-state index in [1.54, 1.807) is 23.0 Å². The number of aryl methyl sites for hydroxylation is 1. The van der Waals surface area contributed by atoms with Crippen molar-refractivity contribution in [1.29, 1.82) is 0 Å². The molecule has 0 radical (unpaired) electrons. The van der Waals surface area contributed by atoms with Crippen molar-refractivity contribution in [3.05, 3.63) is 39.3 Å². The Morgan fingerprint density at radius 3 is 2.84 bits per heavy atom. The third kappa shape index (κ3) is 2.80. The van der Waals surface area contributed by atoms with Crippen LogP contribution in [0.1, 0.15) is 30.6 Å². The molecule has 2 aromatic rings. The summed E-state index contributed by atoms with van der Waals surface area (Å²) in [5, 5.41) is 4.04. The van der Waals surface area contributed by atoms with E-state index in [1.807, 2.05) is 6.92 Å². The fourth-order valence-corrected chi connectivity index (χ4v) is 2.55.